The fourth-order valence-electron chi connectivity index (χ4n) is 3.61. The number of fused-ring (bicyclic) bond motifs is 2. The SMILES string of the molecule is CC1(C)C2=C1[CH]([Zr+2])c1cccc(C3=CC=CC3)c12.[Cl-].[Cl-]. The number of hydrogen-bond donors (Lipinski definition) is 0. The maximum atomic E-state index is 2.38. The van der Waals surface area contributed by atoms with Crippen LogP contribution in [0.2, 0.25) is 0 Å². The molecule has 0 nitrogen and oxygen atoms in total. The fraction of sp³-hybridized carbons (Fsp3) is 0.294. The van der Waals surface area contributed by atoms with Gasteiger partial charge in [-0.05, 0) is 0 Å². The van der Waals surface area contributed by atoms with Crippen LogP contribution in [-0.4, -0.2) is 0 Å². The van der Waals surface area contributed by atoms with Gasteiger partial charge in [-0.3, -0.25) is 0 Å². The molecule has 3 heteroatoms. The molecule has 0 spiro atoms. The van der Waals surface area contributed by atoms with Gasteiger partial charge in [0.1, 0.15) is 0 Å². The zero-order valence-electron chi connectivity index (χ0n) is 11.5. The molecule has 0 saturated carbocycles. The number of rotatable bonds is 1. The summed E-state index contributed by atoms with van der Waals surface area (Å²) in [7, 11) is 0. The van der Waals surface area contributed by atoms with E-state index in [1.807, 2.05) is 0 Å². The van der Waals surface area contributed by atoms with E-state index >= 15 is 0 Å². The minimum atomic E-state index is 0. The van der Waals surface area contributed by atoms with Crippen LogP contribution in [0.1, 0.15) is 40.6 Å². The van der Waals surface area contributed by atoms with Gasteiger partial charge in [0, 0.05) is 0 Å². The molecule has 0 N–H and O–H groups in total. The first-order chi connectivity index (χ1) is 8.62. The third kappa shape index (κ3) is 1.97. The summed E-state index contributed by atoms with van der Waals surface area (Å²) in [4.78, 5) is 0. The van der Waals surface area contributed by atoms with Gasteiger partial charge in [-0.25, -0.2) is 0 Å². The summed E-state index contributed by atoms with van der Waals surface area (Å²) in [5, 5.41) is 0. The molecule has 3 aliphatic rings. The van der Waals surface area contributed by atoms with Crippen molar-refractivity contribution >= 4 is 11.1 Å². The minimum absolute atomic E-state index is 0. The molecule has 0 fully saturated rings. The van der Waals surface area contributed by atoms with E-state index in [9.17, 15) is 0 Å². The van der Waals surface area contributed by atoms with Gasteiger partial charge >= 0.3 is 124 Å². The molecule has 20 heavy (non-hydrogen) atoms. The fourth-order valence-corrected chi connectivity index (χ4v) is 5.44. The molecular weight excluding hydrogens is 366 g/mol. The van der Waals surface area contributed by atoms with Crippen LogP contribution in [0, 0.1) is 5.41 Å². The van der Waals surface area contributed by atoms with E-state index in [1.165, 1.54) is 11.1 Å². The number of allylic oxidation sites excluding steroid dienone is 6. The van der Waals surface area contributed by atoms with Crippen LogP contribution in [0.15, 0.2) is 42.0 Å². The summed E-state index contributed by atoms with van der Waals surface area (Å²) in [6, 6.07) is 6.89. The summed E-state index contributed by atoms with van der Waals surface area (Å²) in [5.74, 6) is 0. The maximum absolute atomic E-state index is 2.38. The molecule has 0 saturated heterocycles. The van der Waals surface area contributed by atoms with Crippen molar-refractivity contribution in [1.82, 2.24) is 0 Å². The third-order valence-corrected chi connectivity index (χ3v) is 6.04. The van der Waals surface area contributed by atoms with Crippen molar-refractivity contribution in [1.29, 1.82) is 0 Å². The van der Waals surface area contributed by atoms with Crippen molar-refractivity contribution in [2.24, 2.45) is 5.41 Å². The zero-order valence-corrected chi connectivity index (χ0v) is 15.5. The van der Waals surface area contributed by atoms with E-state index in [2.05, 4.69) is 50.3 Å². The van der Waals surface area contributed by atoms with Crippen molar-refractivity contribution in [3.63, 3.8) is 0 Å². The monoisotopic (exact) mass is 379 g/mol. The molecule has 0 radical (unpaired) electrons. The van der Waals surface area contributed by atoms with E-state index in [-0.39, 0.29) is 24.8 Å². The Morgan fingerprint density at radius 2 is 1.95 bits per heavy atom. The summed E-state index contributed by atoms with van der Waals surface area (Å²) >= 11 is 1.64. The molecule has 0 heterocycles. The van der Waals surface area contributed by atoms with Crippen molar-refractivity contribution < 1.29 is 49.5 Å². The average molecular weight is 381 g/mol. The molecule has 3 aliphatic carbocycles. The minimum Gasteiger partial charge on any atom is -1.00 e. The maximum Gasteiger partial charge on any atom is -1.00 e. The van der Waals surface area contributed by atoms with Gasteiger partial charge in [0.25, 0.3) is 0 Å². The van der Waals surface area contributed by atoms with Gasteiger partial charge in [-0.2, -0.15) is 0 Å². The second-order valence-electron chi connectivity index (χ2n) is 5.94. The summed E-state index contributed by atoms with van der Waals surface area (Å²) in [6.45, 7) is 4.77. The van der Waals surface area contributed by atoms with Crippen molar-refractivity contribution in [3.05, 3.63) is 58.7 Å². The normalized spacial score (nSPS) is 23.6. The summed E-state index contributed by atoms with van der Waals surface area (Å²) < 4.78 is 0.715. The summed E-state index contributed by atoms with van der Waals surface area (Å²) in [5.41, 5.74) is 9.89. The molecule has 4 rings (SSSR count). The van der Waals surface area contributed by atoms with E-state index in [4.69, 9.17) is 0 Å². The Morgan fingerprint density at radius 3 is 2.60 bits per heavy atom. The van der Waals surface area contributed by atoms with Gasteiger partial charge in [-0.15, -0.1) is 0 Å². The standard InChI is InChI=1S/C17H15.2ClH.Zr/c1-17(2)14-10-12-8-5-9-13(15(12)16(14)17)11-6-3-4-7-11;;;/h3-6,8-10H,7H2,1-2H3;2*1H;/q;;;+2/p-2. The molecule has 0 aromatic heterocycles. The van der Waals surface area contributed by atoms with E-state index < -0.39 is 0 Å². The van der Waals surface area contributed by atoms with Crippen LogP contribution in [0.4, 0.5) is 0 Å². The van der Waals surface area contributed by atoms with Crippen LogP contribution in [0.5, 0.6) is 0 Å². The smallest absolute Gasteiger partial charge is 1.00 e. The number of benzene rings is 1. The van der Waals surface area contributed by atoms with Crippen molar-refractivity contribution in [3.8, 4) is 0 Å². The van der Waals surface area contributed by atoms with Crippen molar-refractivity contribution in [2.45, 2.75) is 23.9 Å². The average Bonchev–Trinajstić information content (AvgIpc) is 2.79. The Morgan fingerprint density at radius 1 is 1.20 bits per heavy atom. The molecule has 1 unspecified atom stereocenters. The van der Waals surface area contributed by atoms with Gasteiger partial charge < -0.3 is 24.8 Å². The van der Waals surface area contributed by atoms with Crippen LogP contribution < -0.4 is 24.8 Å². The van der Waals surface area contributed by atoms with Gasteiger partial charge in [0.05, 0.1) is 0 Å². The Bertz CT molecular complexity index is 666. The summed E-state index contributed by atoms with van der Waals surface area (Å²) in [6.07, 6.45) is 7.82. The van der Waals surface area contributed by atoms with Gasteiger partial charge in [0.15, 0.2) is 0 Å². The first-order valence-corrected chi connectivity index (χ1v) is 8.00. The van der Waals surface area contributed by atoms with Crippen LogP contribution >= 0.6 is 0 Å². The van der Waals surface area contributed by atoms with E-state index in [1.54, 1.807) is 47.0 Å². The predicted octanol–water partition coefficient (Wildman–Crippen LogP) is -1.57. The van der Waals surface area contributed by atoms with Crippen LogP contribution in [0.3, 0.4) is 0 Å². The first-order valence-electron chi connectivity index (χ1n) is 6.58. The third-order valence-electron chi connectivity index (χ3n) is 4.57. The Balaban J connectivity index is 0.000000735. The van der Waals surface area contributed by atoms with Gasteiger partial charge in [-0.1, -0.05) is 0 Å². The second-order valence-corrected chi connectivity index (χ2v) is 7.36. The predicted molar refractivity (Wildman–Crippen MR) is 71.6 cm³/mol. The molecule has 1 aromatic rings. The Kier molecular flexibility index (Phi) is 4.29. The zero-order chi connectivity index (χ0) is 12.5. The second kappa shape index (κ2) is 5.27. The molecule has 0 bridgehead atoms. The Labute approximate surface area is 148 Å². The topological polar surface area (TPSA) is 0 Å². The number of hydrogen-bond acceptors (Lipinski definition) is 0. The van der Waals surface area contributed by atoms with Crippen LogP contribution in [0.25, 0.3) is 11.1 Å². The van der Waals surface area contributed by atoms with Crippen LogP contribution in [-0.2, 0) is 24.7 Å². The Hall–Kier alpha value is -0.0969. The van der Waals surface area contributed by atoms with E-state index in [0.717, 1.165) is 6.42 Å². The quantitative estimate of drug-likeness (QED) is 0.552. The van der Waals surface area contributed by atoms with Crippen molar-refractivity contribution in [2.75, 3.05) is 0 Å². The molecule has 1 atom stereocenters. The molecule has 101 valence electrons. The van der Waals surface area contributed by atoms with Gasteiger partial charge in [0.2, 0.25) is 0 Å². The largest absolute Gasteiger partial charge is 1.00 e. The molecule has 1 aromatic carbocycles. The number of halogens is 2. The first kappa shape index (κ1) is 16.3. The molecule has 0 aliphatic heterocycles. The molecular formula is C17H15Cl2Zr. The molecule has 0 amide bonds. The van der Waals surface area contributed by atoms with E-state index in [0.29, 0.717) is 9.04 Å².